The molecule has 2 aromatic carbocycles. The number of amides is 4. The van der Waals surface area contributed by atoms with E-state index in [9.17, 15) is 18.8 Å². The van der Waals surface area contributed by atoms with Crippen LogP contribution in [0.15, 0.2) is 48.5 Å². The van der Waals surface area contributed by atoms with E-state index in [1.807, 2.05) is 6.07 Å². The first-order valence-electron chi connectivity index (χ1n) is 8.55. The van der Waals surface area contributed by atoms with Crippen LogP contribution in [0.5, 0.6) is 0 Å². The predicted molar refractivity (Wildman–Crippen MR) is 103 cm³/mol. The van der Waals surface area contributed by atoms with Gasteiger partial charge in [0.25, 0.3) is 11.8 Å². The zero-order chi connectivity index (χ0) is 19.9. The van der Waals surface area contributed by atoms with Gasteiger partial charge in [0.2, 0.25) is 0 Å². The summed E-state index contributed by atoms with van der Waals surface area (Å²) in [6.45, 7) is 1.89. The Hall–Kier alpha value is -3.26. The summed E-state index contributed by atoms with van der Waals surface area (Å²) in [5.41, 5.74) is -0.330. The van der Waals surface area contributed by atoms with Crippen LogP contribution < -0.4 is 16.0 Å². The monoisotopic (exact) mass is 397 g/mol. The third-order valence-corrected chi connectivity index (χ3v) is 5.82. The fraction of sp³-hybridized carbons (Fsp3) is 0.150. The van der Waals surface area contributed by atoms with Gasteiger partial charge < -0.3 is 10.6 Å². The van der Waals surface area contributed by atoms with Crippen molar-refractivity contribution in [1.29, 1.82) is 0 Å². The van der Waals surface area contributed by atoms with Gasteiger partial charge in [-0.25, -0.2) is 9.18 Å². The largest absolute Gasteiger partial charge is 0.347 e. The van der Waals surface area contributed by atoms with Crippen LogP contribution in [0.3, 0.4) is 0 Å². The molecule has 1 aliphatic heterocycles. The Balaban J connectivity index is 1.50. The maximum Gasteiger partial charge on any atom is 0.322 e. The second-order valence-corrected chi connectivity index (χ2v) is 7.86. The minimum Gasteiger partial charge on any atom is -0.347 e. The van der Waals surface area contributed by atoms with E-state index < -0.39 is 17.5 Å². The van der Waals surface area contributed by atoms with Gasteiger partial charge in [-0.3, -0.25) is 14.9 Å². The van der Waals surface area contributed by atoms with Crippen molar-refractivity contribution in [3.63, 3.8) is 0 Å². The van der Waals surface area contributed by atoms with Crippen molar-refractivity contribution in [3.05, 3.63) is 70.4 Å². The number of imide groups is 1. The highest BCUT2D eigenvalue weighted by Crippen LogP contribution is 2.27. The molecule has 4 rings (SSSR count). The fourth-order valence-corrected chi connectivity index (χ4v) is 4.13. The number of carbonyl (C=O) groups excluding carboxylic acids is 3. The highest BCUT2D eigenvalue weighted by Gasteiger charge is 2.43. The molecule has 1 saturated heterocycles. The molecule has 0 aliphatic carbocycles. The molecular weight excluding hydrogens is 381 g/mol. The van der Waals surface area contributed by atoms with E-state index in [1.54, 1.807) is 37.3 Å². The standard InChI is InChI=1S/C20H16FN3O3S/c1-20(18(26)23-19(27)24-20)13-4-2-3-11(7-13)17(25)22-10-15-9-12-8-14(21)5-6-16(12)28-15/h2-9H,10H2,1H3,(H,22,25)(H2,23,24,26,27). The van der Waals surface area contributed by atoms with Crippen molar-refractivity contribution in [3.8, 4) is 0 Å². The molecule has 1 fully saturated rings. The number of rotatable bonds is 4. The molecule has 1 atom stereocenters. The predicted octanol–water partition coefficient (Wildman–Crippen LogP) is 3.03. The molecule has 1 unspecified atom stereocenters. The van der Waals surface area contributed by atoms with Crippen LogP contribution in [0.1, 0.15) is 27.7 Å². The van der Waals surface area contributed by atoms with Gasteiger partial charge in [0.1, 0.15) is 11.4 Å². The number of benzene rings is 2. The van der Waals surface area contributed by atoms with Crippen LogP contribution in [-0.2, 0) is 16.9 Å². The Morgan fingerprint density at radius 1 is 1.18 bits per heavy atom. The molecule has 0 spiro atoms. The number of nitrogens with one attached hydrogen (secondary N) is 3. The van der Waals surface area contributed by atoms with Crippen LogP contribution >= 0.6 is 11.3 Å². The van der Waals surface area contributed by atoms with Crippen LogP contribution in [0.25, 0.3) is 10.1 Å². The zero-order valence-electron chi connectivity index (χ0n) is 14.8. The molecule has 2 heterocycles. The number of fused-ring (bicyclic) bond motifs is 1. The van der Waals surface area contributed by atoms with Crippen LogP contribution in [-0.4, -0.2) is 17.8 Å². The van der Waals surface area contributed by atoms with Crippen molar-refractivity contribution in [2.75, 3.05) is 0 Å². The summed E-state index contributed by atoms with van der Waals surface area (Å²) in [4.78, 5) is 37.0. The summed E-state index contributed by atoms with van der Waals surface area (Å²) in [6, 6.07) is 12.4. The Kier molecular flexibility index (Phi) is 4.35. The molecule has 1 aromatic heterocycles. The van der Waals surface area contributed by atoms with Gasteiger partial charge in [-0.2, -0.15) is 0 Å². The normalized spacial score (nSPS) is 18.8. The molecule has 3 aromatic rings. The molecule has 4 amide bonds. The summed E-state index contributed by atoms with van der Waals surface area (Å²) in [6.07, 6.45) is 0. The lowest BCUT2D eigenvalue weighted by atomic mass is 9.91. The molecule has 28 heavy (non-hydrogen) atoms. The lowest BCUT2D eigenvalue weighted by Gasteiger charge is -2.21. The molecule has 0 bridgehead atoms. The number of hydrogen-bond donors (Lipinski definition) is 3. The highest BCUT2D eigenvalue weighted by molar-refractivity contribution is 7.19. The molecule has 3 N–H and O–H groups in total. The van der Waals surface area contributed by atoms with E-state index in [4.69, 9.17) is 0 Å². The van der Waals surface area contributed by atoms with Crippen LogP contribution in [0.2, 0.25) is 0 Å². The maximum atomic E-state index is 13.3. The molecular formula is C20H16FN3O3S. The average Bonchev–Trinajstić information content (AvgIpc) is 3.19. The van der Waals surface area contributed by atoms with Gasteiger partial charge >= 0.3 is 6.03 Å². The third-order valence-electron chi connectivity index (χ3n) is 4.70. The van der Waals surface area contributed by atoms with Crippen molar-refractivity contribution in [2.24, 2.45) is 0 Å². The molecule has 0 saturated carbocycles. The Morgan fingerprint density at radius 3 is 2.75 bits per heavy atom. The number of carbonyl (C=O) groups is 3. The van der Waals surface area contributed by atoms with E-state index in [-0.39, 0.29) is 11.7 Å². The third kappa shape index (κ3) is 3.22. The first kappa shape index (κ1) is 18.1. The van der Waals surface area contributed by atoms with Crippen molar-refractivity contribution >= 4 is 39.3 Å². The SMILES string of the molecule is CC1(c2cccc(C(=O)NCc3cc4cc(F)ccc4s3)c2)NC(=O)NC1=O. The van der Waals surface area contributed by atoms with Gasteiger partial charge in [0.15, 0.2) is 0 Å². The number of halogens is 1. The quantitative estimate of drug-likeness (QED) is 0.592. The van der Waals surface area contributed by atoms with Gasteiger partial charge in [0, 0.05) is 15.1 Å². The topological polar surface area (TPSA) is 87.3 Å². The second kappa shape index (κ2) is 6.72. The van der Waals surface area contributed by atoms with E-state index in [1.165, 1.54) is 23.5 Å². The smallest absolute Gasteiger partial charge is 0.322 e. The Bertz CT molecular complexity index is 1130. The van der Waals surface area contributed by atoms with Gasteiger partial charge in [-0.15, -0.1) is 11.3 Å². The Morgan fingerprint density at radius 2 is 2.00 bits per heavy atom. The molecule has 6 nitrogen and oxygen atoms in total. The summed E-state index contributed by atoms with van der Waals surface area (Å²) in [5, 5.41) is 8.41. The maximum absolute atomic E-state index is 13.3. The highest BCUT2D eigenvalue weighted by atomic mass is 32.1. The van der Waals surface area contributed by atoms with Crippen LogP contribution in [0, 0.1) is 5.82 Å². The molecule has 8 heteroatoms. The summed E-state index contributed by atoms with van der Waals surface area (Å²) < 4.78 is 14.3. The molecule has 142 valence electrons. The Labute approximate surface area is 163 Å². The average molecular weight is 397 g/mol. The number of urea groups is 1. The van der Waals surface area contributed by atoms with Gasteiger partial charge in [-0.1, -0.05) is 12.1 Å². The lowest BCUT2D eigenvalue weighted by Crippen LogP contribution is -2.40. The summed E-state index contributed by atoms with van der Waals surface area (Å²) in [7, 11) is 0. The number of thiophene rings is 1. The van der Waals surface area contributed by atoms with Gasteiger partial charge in [-0.05, 0) is 54.3 Å². The zero-order valence-corrected chi connectivity index (χ0v) is 15.7. The fourth-order valence-electron chi connectivity index (χ4n) is 3.14. The van der Waals surface area contributed by atoms with Crippen molar-refractivity contribution < 1.29 is 18.8 Å². The second-order valence-electron chi connectivity index (χ2n) is 6.69. The van der Waals surface area contributed by atoms with Crippen LogP contribution in [0.4, 0.5) is 9.18 Å². The lowest BCUT2D eigenvalue weighted by molar-refractivity contribution is -0.123. The molecule has 0 radical (unpaired) electrons. The minimum absolute atomic E-state index is 0.297. The van der Waals surface area contributed by atoms with Crippen molar-refractivity contribution in [2.45, 2.75) is 19.0 Å². The molecule has 1 aliphatic rings. The first-order chi connectivity index (χ1) is 13.3. The van der Waals surface area contributed by atoms with Gasteiger partial charge in [0.05, 0.1) is 6.54 Å². The van der Waals surface area contributed by atoms with Crippen molar-refractivity contribution in [1.82, 2.24) is 16.0 Å². The van der Waals surface area contributed by atoms with E-state index in [2.05, 4.69) is 16.0 Å². The summed E-state index contributed by atoms with van der Waals surface area (Å²) >= 11 is 1.48. The van der Waals surface area contributed by atoms with E-state index in [0.29, 0.717) is 17.7 Å². The van der Waals surface area contributed by atoms with E-state index in [0.717, 1.165) is 15.0 Å². The summed E-state index contributed by atoms with van der Waals surface area (Å²) in [5.74, 6) is -1.07. The first-order valence-corrected chi connectivity index (χ1v) is 9.37. The minimum atomic E-state index is -1.22. The van der Waals surface area contributed by atoms with E-state index >= 15 is 0 Å². The number of hydrogen-bond acceptors (Lipinski definition) is 4.